The largest absolute Gasteiger partial charge is 0.462 e. The number of aliphatic hydroxyl groups is 1. The van der Waals surface area contributed by atoms with Crippen LogP contribution < -0.4 is 0 Å². The highest BCUT2D eigenvalue weighted by molar-refractivity contribution is 5.89. The Labute approximate surface area is 319 Å². The van der Waals surface area contributed by atoms with Gasteiger partial charge in [0.1, 0.15) is 0 Å². The topological polar surface area (TPSA) is 72.8 Å². The molecule has 5 nitrogen and oxygen atoms in total. The zero-order chi connectivity index (χ0) is 38.5. The van der Waals surface area contributed by atoms with Gasteiger partial charge in [0.25, 0.3) is 0 Å². The van der Waals surface area contributed by atoms with E-state index in [0.29, 0.717) is 17.4 Å². The van der Waals surface area contributed by atoms with Gasteiger partial charge < -0.3 is 14.6 Å². The first-order chi connectivity index (χ1) is 25.3. The quantitative estimate of drug-likeness (QED) is 0.0758. The minimum Gasteiger partial charge on any atom is -0.462 e. The van der Waals surface area contributed by atoms with Crippen molar-refractivity contribution in [2.24, 2.45) is 11.8 Å². The number of esters is 2. The molecule has 3 aromatic rings. The Hall–Kier alpha value is -3.96. The summed E-state index contributed by atoms with van der Waals surface area (Å²) in [5.41, 5.74) is 9.92. The Bertz CT molecular complexity index is 1680. The molecule has 0 amide bonds. The van der Waals surface area contributed by atoms with Gasteiger partial charge in [-0.1, -0.05) is 107 Å². The summed E-state index contributed by atoms with van der Waals surface area (Å²) in [5, 5.41) is 10.1. The van der Waals surface area contributed by atoms with Crippen LogP contribution in [0.5, 0.6) is 0 Å². The number of carbonyl (C=O) groups excluding carboxylic acids is 2. The van der Waals surface area contributed by atoms with Crippen molar-refractivity contribution >= 4 is 11.9 Å². The summed E-state index contributed by atoms with van der Waals surface area (Å²) in [7, 11) is 0. The molecule has 0 radical (unpaired) electrons. The highest BCUT2D eigenvalue weighted by Crippen LogP contribution is 2.40. The lowest BCUT2D eigenvalue weighted by Crippen LogP contribution is -2.30. The number of unbranched alkanes of at least 4 members (excludes halogenated alkanes) is 2. The average Bonchev–Trinajstić information content (AvgIpc) is 3.16. The number of carbonyl (C=O) groups is 2. The molecule has 4 rings (SSSR count). The van der Waals surface area contributed by atoms with Crippen molar-refractivity contribution in [3.05, 3.63) is 107 Å². The van der Waals surface area contributed by atoms with E-state index in [9.17, 15) is 14.7 Å². The van der Waals surface area contributed by atoms with Gasteiger partial charge in [0.2, 0.25) is 0 Å². The van der Waals surface area contributed by atoms with Gasteiger partial charge in [-0.05, 0) is 141 Å². The van der Waals surface area contributed by atoms with E-state index in [0.717, 1.165) is 57.8 Å². The Balaban J connectivity index is 1.37. The molecule has 1 N–H and O–H groups in total. The molecule has 1 saturated carbocycles. The first kappa shape index (κ1) is 41.8. The molecule has 5 heteroatoms. The van der Waals surface area contributed by atoms with Gasteiger partial charge in [-0.25, -0.2) is 9.59 Å². The standard InChI is InChI=1S/C48H64O5/c1-9-12-13-14-35-19-23-41(24-20-35)44-28-26-43(30-39(44)11-3)45-27-25-42(29-38(45)10-2)40-21-17-36(18-22-40)15-16-37(31-52-46(49)33(4)5)32-53-47(50)34(6)48(7,8)51/h19-20,23-30,36-37,40,51H,4,6,9-18,21-22,31-32H2,1-3,5,7-8H3. The first-order valence-corrected chi connectivity index (χ1v) is 20.1. The molecule has 1 aliphatic rings. The third kappa shape index (κ3) is 12.0. The molecule has 0 saturated heterocycles. The third-order valence-electron chi connectivity index (χ3n) is 11.2. The summed E-state index contributed by atoms with van der Waals surface area (Å²) >= 11 is 0. The van der Waals surface area contributed by atoms with Crippen molar-refractivity contribution in [1.29, 1.82) is 0 Å². The van der Waals surface area contributed by atoms with Crippen LogP contribution in [0.25, 0.3) is 22.3 Å². The van der Waals surface area contributed by atoms with Crippen molar-refractivity contribution in [2.75, 3.05) is 13.2 Å². The predicted molar refractivity (Wildman–Crippen MR) is 219 cm³/mol. The zero-order valence-electron chi connectivity index (χ0n) is 33.4. The van der Waals surface area contributed by atoms with E-state index in [-0.39, 0.29) is 24.7 Å². The second-order valence-corrected chi connectivity index (χ2v) is 15.8. The van der Waals surface area contributed by atoms with E-state index in [1.165, 1.54) is 77.6 Å². The van der Waals surface area contributed by atoms with Gasteiger partial charge in [-0.2, -0.15) is 0 Å². The Morgan fingerprint density at radius 2 is 1.38 bits per heavy atom. The number of benzene rings is 3. The van der Waals surface area contributed by atoms with E-state index in [1.807, 2.05) is 0 Å². The molecular weight excluding hydrogens is 657 g/mol. The summed E-state index contributed by atoms with van der Waals surface area (Å²) in [6.07, 6.45) is 13.3. The fraction of sp³-hybridized carbons (Fsp3) is 0.500. The molecule has 53 heavy (non-hydrogen) atoms. The Kier molecular flexibility index (Phi) is 15.7. The van der Waals surface area contributed by atoms with Crippen molar-refractivity contribution in [3.63, 3.8) is 0 Å². The van der Waals surface area contributed by atoms with Crippen LogP contribution >= 0.6 is 0 Å². The molecular formula is C48H64O5. The van der Waals surface area contributed by atoms with E-state index >= 15 is 0 Å². The predicted octanol–water partition coefficient (Wildman–Crippen LogP) is 11.5. The molecule has 0 aromatic heterocycles. The summed E-state index contributed by atoms with van der Waals surface area (Å²) in [6, 6.07) is 23.4. The fourth-order valence-electron chi connectivity index (χ4n) is 7.52. The molecule has 1 fully saturated rings. The second-order valence-electron chi connectivity index (χ2n) is 15.8. The van der Waals surface area contributed by atoms with E-state index in [4.69, 9.17) is 9.47 Å². The molecule has 0 heterocycles. The van der Waals surface area contributed by atoms with Crippen LogP contribution in [0.2, 0.25) is 0 Å². The maximum atomic E-state index is 12.5. The van der Waals surface area contributed by atoms with Gasteiger partial charge in [0, 0.05) is 11.5 Å². The van der Waals surface area contributed by atoms with Crippen LogP contribution in [0.1, 0.15) is 128 Å². The minimum atomic E-state index is -1.36. The second kappa shape index (κ2) is 19.9. The molecule has 1 aliphatic carbocycles. The van der Waals surface area contributed by atoms with Crippen LogP contribution in [-0.4, -0.2) is 35.9 Å². The van der Waals surface area contributed by atoms with E-state index < -0.39 is 17.5 Å². The average molecular weight is 721 g/mol. The normalized spacial score (nSPS) is 16.5. The monoisotopic (exact) mass is 720 g/mol. The number of hydrogen-bond donors (Lipinski definition) is 1. The van der Waals surface area contributed by atoms with Gasteiger partial charge in [0.15, 0.2) is 0 Å². The summed E-state index contributed by atoms with van der Waals surface area (Å²) in [4.78, 5) is 24.6. The van der Waals surface area contributed by atoms with Crippen LogP contribution in [0.3, 0.4) is 0 Å². The lowest BCUT2D eigenvalue weighted by molar-refractivity contribution is -0.145. The molecule has 3 aromatic carbocycles. The van der Waals surface area contributed by atoms with Crippen molar-refractivity contribution < 1.29 is 24.2 Å². The smallest absolute Gasteiger partial charge is 0.336 e. The lowest BCUT2D eigenvalue weighted by atomic mass is 9.76. The van der Waals surface area contributed by atoms with Gasteiger partial charge in [-0.15, -0.1) is 0 Å². The number of aryl methyl sites for hydroxylation is 3. The maximum absolute atomic E-state index is 12.5. The van der Waals surface area contributed by atoms with Gasteiger partial charge in [-0.3, -0.25) is 0 Å². The molecule has 0 aliphatic heterocycles. The van der Waals surface area contributed by atoms with Crippen molar-refractivity contribution in [1.82, 2.24) is 0 Å². The minimum absolute atomic E-state index is 0.00535. The third-order valence-corrected chi connectivity index (χ3v) is 11.2. The van der Waals surface area contributed by atoms with E-state index in [1.54, 1.807) is 6.92 Å². The van der Waals surface area contributed by atoms with Gasteiger partial charge in [0.05, 0.1) is 24.4 Å². The zero-order valence-corrected chi connectivity index (χ0v) is 33.4. The number of hydrogen-bond acceptors (Lipinski definition) is 5. The Morgan fingerprint density at radius 1 is 0.792 bits per heavy atom. The van der Waals surface area contributed by atoms with Gasteiger partial charge >= 0.3 is 11.9 Å². The van der Waals surface area contributed by atoms with E-state index in [2.05, 4.69) is 94.6 Å². The molecule has 0 spiro atoms. The van der Waals surface area contributed by atoms with Crippen LogP contribution in [0.4, 0.5) is 0 Å². The van der Waals surface area contributed by atoms with Crippen LogP contribution in [-0.2, 0) is 38.3 Å². The highest BCUT2D eigenvalue weighted by atomic mass is 16.5. The maximum Gasteiger partial charge on any atom is 0.336 e. The molecule has 1 unspecified atom stereocenters. The summed E-state index contributed by atoms with van der Waals surface area (Å²) < 4.78 is 11.0. The van der Waals surface area contributed by atoms with Crippen LogP contribution in [0.15, 0.2) is 85.0 Å². The number of rotatable bonds is 19. The fourth-order valence-corrected chi connectivity index (χ4v) is 7.52. The van der Waals surface area contributed by atoms with Crippen molar-refractivity contribution in [2.45, 2.75) is 130 Å². The summed E-state index contributed by atoms with van der Waals surface area (Å²) in [6.45, 7) is 19.0. The summed E-state index contributed by atoms with van der Waals surface area (Å²) in [5.74, 6) is -0.0988. The highest BCUT2D eigenvalue weighted by Gasteiger charge is 2.28. The number of ether oxygens (including phenoxy) is 2. The first-order valence-electron chi connectivity index (χ1n) is 20.1. The Morgan fingerprint density at radius 3 is 1.98 bits per heavy atom. The van der Waals surface area contributed by atoms with Crippen molar-refractivity contribution in [3.8, 4) is 22.3 Å². The molecule has 286 valence electrons. The molecule has 0 bridgehead atoms. The SMILES string of the molecule is C=C(C)C(=O)OCC(CCC1CCC(c2ccc(-c3ccc(-c4ccc(CCCCC)cc4)c(CC)c3)c(CC)c2)CC1)COC(=O)C(=C)C(C)(C)O. The molecule has 1 atom stereocenters. The van der Waals surface area contributed by atoms with Crippen LogP contribution in [0, 0.1) is 11.8 Å². The lowest BCUT2D eigenvalue weighted by Gasteiger charge is -2.30.